The van der Waals surface area contributed by atoms with Gasteiger partial charge in [-0.05, 0) is 39.2 Å². The molecule has 1 rings (SSSR count). The highest BCUT2D eigenvalue weighted by atomic mass is 19.3. The maximum atomic E-state index is 13.3. The largest absolute Gasteiger partial charge is 0.351 e. The number of amides is 1. The zero-order chi connectivity index (χ0) is 13.8. The van der Waals surface area contributed by atoms with E-state index in [9.17, 15) is 13.6 Å². The lowest BCUT2D eigenvalue weighted by Gasteiger charge is -2.34. The number of carbonyl (C=O) groups is 1. The fourth-order valence-electron chi connectivity index (χ4n) is 2.44. The Morgan fingerprint density at radius 3 is 2.72 bits per heavy atom. The minimum Gasteiger partial charge on any atom is -0.351 e. The summed E-state index contributed by atoms with van der Waals surface area (Å²) in [5.41, 5.74) is 5.14. The molecule has 0 bridgehead atoms. The van der Waals surface area contributed by atoms with Gasteiger partial charge in [0.05, 0.1) is 0 Å². The molecule has 0 aliphatic heterocycles. The summed E-state index contributed by atoms with van der Waals surface area (Å²) in [6, 6.07) is 0. The molecule has 18 heavy (non-hydrogen) atoms. The first-order chi connectivity index (χ1) is 8.32. The van der Waals surface area contributed by atoms with Crippen molar-refractivity contribution in [3.05, 3.63) is 0 Å². The summed E-state index contributed by atoms with van der Waals surface area (Å²) in [7, 11) is 0. The van der Waals surface area contributed by atoms with Crippen LogP contribution in [-0.2, 0) is 4.79 Å². The molecule has 1 amide bonds. The Morgan fingerprint density at radius 2 is 2.22 bits per heavy atom. The Kier molecular flexibility index (Phi) is 5.08. The summed E-state index contributed by atoms with van der Waals surface area (Å²) in [5, 5.41) is 2.90. The van der Waals surface area contributed by atoms with E-state index in [0.29, 0.717) is 25.8 Å². The fourth-order valence-corrected chi connectivity index (χ4v) is 2.44. The van der Waals surface area contributed by atoms with E-state index in [1.807, 2.05) is 13.8 Å². The van der Waals surface area contributed by atoms with Crippen LogP contribution in [0.5, 0.6) is 0 Å². The molecule has 2 unspecified atom stereocenters. The summed E-state index contributed by atoms with van der Waals surface area (Å²) in [5.74, 6) is -3.49. The average Bonchev–Trinajstić information content (AvgIpc) is 2.28. The lowest BCUT2D eigenvalue weighted by molar-refractivity contribution is -0.134. The predicted molar refractivity (Wildman–Crippen MR) is 67.4 cm³/mol. The van der Waals surface area contributed by atoms with Crippen LogP contribution in [0.25, 0.3) is 0 Å². The monoisotopic (exact) mass is 262 g/mol. The van der Waals surface area contributed by atoms with E-state index >= 15 is 0 Å². The molecule has 1 aliphatic carbocycles. The van der Waals surface area contributed by atoms with E-state index in [1.54, 1.807) is 0 Å². The van der Waals surface area contributed by atoms with Crippen molar-refractivity contribution in [2.24, 2.45) is 11.7 Å². The molecule has 0 saturated heterocycles. The second kappa shape index (κ2) is 5.95. The summed E-state index contributed by atoms with van der Waals surface area (Å²) >= 11 is 0. The molecular weight excluding hydrogens is 238 g/mol. The number of alkyl halides is 2. The molecular formula is C13H24F2N2O. The second-order valence-electron chi connectivity index (χ2n) is 5.59. The number of hydrogen-bond acceptors (Lipinski definition) is 2. The lowest BCUT2D eigenvalue weighted by Crippen LogP contribution is -2.50. The Balaban J connectivity index is 2.59. The van der Waals surface area contributed by atoms with Crippen LogP contribution in [0, 0.1) is 5.92 Å². The minimum atomic E-state index is -2.68. The van der Waals surface area contributed by atoms with Gasteiger partial charge in [0.25, 0.3) is 0 Å². The molecule has 1 fully saturated rings. The Bertz CT molecular complexity index is 297. The average molecular weight is 262 g/mol. The highest BCUT2D eigenvalue weighted by Gasteiger charge is 2.40. The molecule has 106 valence electrons. The van der Waals surface area contributed by atoms with Gasteiger partial charge in [-0.3, -0.25) is 4.79 Å². The summed E-state index contributed by atoms with van der Waals surface area (Å²) in [4.78, 5) is 12.0. The first kappa shape index (κ1) is 15.3. The molecule has 0 heterocycles. The molecule has 0 aromatic rings. The van der Waals surface area contributed by atoms with Gasteiger partial charge < -0.3 is 11.1 Å². The Morgan fingerprint density at radius 1 is 1.56 bits per heavy atom. The summed E-state index contributed by atoms with van der Waals surface area (Å²) in [6.45, 7) is 4.36. The Hall–Kier alpha value is -0.710. The minimum absolute atomic E-state index is 0.0926. The van der Waals surface area contributed by atoms with Crippen molar-refractivity contribution in [3.63, 3.8) is 0 Å². The zero-order valence-corrected chi connectivity index (χ0v) is 11.3. The van der Waals surface area contributed by atoms with Gasteiger partial charge in [0.1, 0.15) is 0 Å². The SMILES string of the molecule is CCC(C)(CCN)NC(=O)C1CCCC(F)(F)C1. The van der Waals surface area contributed by atoms with Crippen LogP contribution < -0.4 is 11.1 Å². The number of nitrogens with one attached hydrogen (secondary N) is 1. The maximum absolute atomic E-state index is 13.3. The van der Waals surface area contributed by atoms with E-state index in [0.717, 1.165) is 6.42 Å². The molecule has 0 spiro atoms. The van der Waals surface area contributed by atoms with Crippen LogP contribution in [0.3, 0.4) is 0 Å². The van der Waals surface area contributed by atoms with Gasteiger partial charge >= 0.3 is 0 Å². The second-order valence-corrected chi connectivity index (χ2v) is 5.59. The van der Waals surface area contributed by atoms with Crippen molar-refractivity contribution in [1.82, 2.24) is 5.32 Å². The molecule has 0 aromatic carbocycles. The van der Waals surface area contributed by atoms with Crippen molar-refractivity contribution in [3.8, 4) is 0 Å². The smallest absolute Gasteiger partial charge is 0.248 e. The predicted octanol–water partition coefficient (Wildman–Crippen LogP) is 2.45. The quantitative estimate of drug-likeness (QED) is 0.799. The van der Waals surface area contributed by atoms with Crippen LogP contribution in [0.2, 0.25) is 0 Å². The third-order valence-corrected chi connectivity index (χ3v) is 3.91. The third-order valence-electron chi connectivity index (χ3n) is 3.91. The zero-order valence-electron chi connectivity index (χ0n) is 11.3. The third kappa shape index (κ3) is 4.19. The summed E-state index contributed by atoms with van der Waals surface area (Å²) < 4.78 is 26.6. The maximum Gasteiger partial charge on any atom is 0.248 e. The van der Waals surface area contributed by atoms with E-state index in [1.165, 1.54) is 0 Å². The van der Waals surface area contributed by atoms with Gasteiger partial charge in [-0.2, -0.15) is 0 Å². The van der Waals surface area contributed by atoms with Crippen molar-refractivity contribution in [2.75, 3.05) is 6.54 Å². The molecule has 1 saturated carbocycles. The molecule has 3 N–H and O–H groups in total. The number of hydrogen-bond donors (Lipinski definition) is 2. The van der Waals surface area contributed by atoms with Crippen molar-refractivity contribution in [2.45, 2.75) is 63.8 Å². The molecule has 0 radical (unpaired) electrons. The van der Waals surface area contributed by atoms with Gasteiger partial charge in [0.15, 0.2) is 0 Å². The number of rotatable bonds is 5. The fraction of sp³-hybridized carbons (Fsp3) is 0.923. The standard InChI is InChI=1S/C13H24F2N2O/c1-3-12(2,7-8-16)17-11(18)10-5-4-6-13(14,15)9-10/h10H,3-9,16H2,1-2H3,(H,17,18). The van der Waals surface area contributed by atoms with Gasteiger partial charge in [0, 0.05) is 24.3 Å². The molecule has 3 nitrogen and oxygen atoms in total. The van der Waals surface area contributed by atoms with Crippen LogP contribution in [0.4, 0.5) is 8.78 Å². The van der Waals surface area contributed by atoms with Gasteiger partial charge in [-0.1, -0.05) is 6.92 Å². The van der Waals surface area contributed by atoms with Crippen LogP contribution in [0.1, 0.15) is 52.4 Å². The highest BCUT2D eigenvalue weighted by Crippen LogP contribution is 2.37. The number of carbonyl (C=O) groups excluding carboxylic acids is 1. The van der Waals surface area contributed by atoms with Crippen LogP contribution in [0.15, 0.2) is 0 Å². The summed E-state index contributed by atoms with van der Waals surface area (Å²) in [6.07, 6.45) is 1.98. The normalized spacial score (nSPS) is 26.4. The van der Waals surface area contributed by atoms with E-state index < -0.39 is 11.8 Å². The first-order valence-corrected chi connectivity index (χ1v) is 6.72. The van der Waals surface area contributed by atoms with E-state index in [4.69, 9.17) is 5.73 Å². The van der Waals surface area contributed by atoms with E-state index in [2.05, 4.69) is 5.32 Å². The van der Waals surface area contributed by atoms with Crippen molar-refractivity contribution >= 4 is 5.91 Å². The van der Waals surface area contributed by atoms with Gasteiger partial charge in [-0.25, -0.2) is 8.78 Å². The molecule has 5 heteroatoms. The van der Waals surface area contributed by atoms with Crippen molar-refractivity contribution < 1.29 is 13.6 Å². The molecule has 2 atom stereocenters. The van der Waals surface area contributed by atoms with Crippen molar-refractivity contribution in [1.29, 1.82) is 0 Å². The Labute approximate surface area is 107 Å². The molecule has 0 aromatic heterocycles. The van der Waals surface area contributed by atoms with Crippen LogP contribution >= 0.6 is 0 Å². The highest BCUT2D eigenvalue weighted by molar-refractivity contribution is 5.79. The number of halogens is 2. The van der Waals surface area contributed by atoms with Gasteiger partial charge in [-0.15, -0.1) is 0 Å². The van der Waals surface area contributed by atoms with Crippen LogP contribution in [-0.4, -0.2) is 23.9 Å². The number of nitrogens with two attached hydrogens (primary N) is 1. The first-order valence-electron chi connectivity index (χ1n) is 6.72. The van der Waals surface area contributed by atoms with E-state index in [-0.39, 0.29) is 24.3 Å². The topological polar surface area (TPSA) is 55.1 Å². The molecule has 1 aliphatic rings. The lowest BCUT2D eigenvalue weighted by atomic mass is 9.84. The van der Waals surface area contributed by atoms with Gasteiger partial charge in [0.2, 0.25) is 11.8 Å².